The van der Waals surface area contributed by atoms with Crippen molar-refractivity contribution in [3.63, 3.8) is 0 Å². The minimum absolute atomic E-state index is 0.121. The van der Waals surface area contributed by atoms with Crippen molar-refractivity contribution in [2.45, 2.75) is 12.8 Å². The van der Waals surface area contributed by atoms with Crippen LogP contribution in [0.2, 0.25) is 0 Å². The highest BCUT2D eigenvalue weighted by atomic mass is 79.9. The maximum atomic E-state index is 10.9. The van der Waals surface area contributed by atoms with Crippen LogP contribution >= 0.6 is 15.9 Å². The predicted octanol–water partition coefficient (Wildman–Crippen LogP) is 3.13. The highest BCUT2D eigenvalue weighted by molar-refractivity contribution is 9.10. The molecule has 0 aliphatic carbocycles. The topological polar surface area (TPSA) is 72.6 Å². The van der Waals surface area contributed by atoms with E-state index in [4.69, 9.17) is 14.4 Å². The summed E-state index contributed by atoms with van der Waals surface area (Å²) in [6.07, 6.45) is 1.93. The number of carbonyl (C=O) groups is 1. The molecule has 0 amide bonds. The molecule has 2 heterocycles. The zero-order valence-corrected chi connectivity index (χ0v) is 11.4. The van der Waals surface area contributed by atoms with Crippen molar-refractivity contribution in [2.24, 2.45) is 0 Å². The average Bonchev–Trinajstić information content (AvgIpc) is 2.80. The molecule has 0 atom stereocenters. The number of hydrogen-bond acceptors (Lipinski definition) is 4. The smallest absolute Gasteiger partial charge is 0.359 e. The van der Waals surface area contributed by atoms with Crippen LogP contribution in [0.25, 0.3) is 11.3 Å². The summed E-state index contributed by atoms with van der Waals surface area (Å²) < 4.78 is 11.0. The number of nitrogens with zero attached hydrogens (tertiary/aromatic N) is 1. The molecule has 0 radical (unpaired) electrons. The van der Waals surface area contributed by atoms with Crippen LogP contribution in [0, 0.1) is 0 Å². The lowest BCUT2D eigenvalue weighted by atomic mass is 10.0. The Labute approximate surface area is 117 Å². The molecule has 0 spiro atoms. The van der Waals surface area contributed by atoms with Gasteiger partial charge in [-0.3, -0.25) is 0 Å². The SMILES string of the molecule is O=C(O)c1noc(-c2ccc3c(c2)CCCO3)c1Br. The molecule has 1 aliphatic heterocycles. The first-order valence-corrected chi connectivity index (χ1v) is 6.60. The first kappa shape index (κ1) is 12.2. The van der Waals surface area contributed by atoms with Crippen LogP contribution in [-0.4, -0.2) is 22.8 Å². The van der Waals surface area contributed by atoms with E-state index in [-0.39, 0.29) is 5.69 Å². The molecule has 2 aromatic rings. The maximum Gasteiger partial charge on any atom is 0.359 e. The van der Waals surface area contributed by atoms with Crippen molar-refractivity contribution in [2.75, 3.05) is 6.61 Å². The van der Waals surface area contributed by atoms with Crippen LogP contribution in [-0.2, 0) is 6.42 Å². The van der Waals surface area contributed by atoms with Crippen LogP contribution in [0.4, 0.5) is 0 Å². The van der Waals surface area contributed by atoms with Crippen LogP contribution in [0.3, 0.4) is 0 Å². The van der Waals surface area contributed by atoms with Gasteiger partial charge in [-0.05, 0) is 52.5 Å². The van der Waals surface area contributed by atoms with Gasteiger partial charge in [-0.15, -0.1) is 0 Å². The molecular formula is C13H10BrNO4. The van der Waals surface area contributed by atoms with E-state index in [0.717, 1.165) is 36.3 Å². The Morgan fingerprint density at radius 3 is 3.00 bits per heavy atom. The molecule has 19 heavy (non-hydrogen) atoms. The van der Waals surface area contributed by atoms with Gasteiger partial charge in [0.2, 0.25) is 5.69 Å². The van der Waals surface area contributed by atoms with E-state index in [1.54, 1.807) is 0 Å². The van der Waals surface area contributed by atoms with Crippen molar-refractivity contribution in [1.82, 2.24) is 5.16 Å². The summed E-state index contributed by atoms with van der Waals surface area (Å²) in [5, 5.41) is 12.5. The summed E-state index contributed by atoms with van der Waals surface area (Å²) in [7, 11) is 0. The van der Waals surface area contributed by atoms with Crippen molar-refractivity contribution < 1.29 is 19.2 Å². The van der Waals surface area contributed by atoms with Gasteiger partial charge >= 0.3 is 5.97 Å². The lowest BCUT2D eigenvalue weighted by Crippen LogP contribution is -2.07. The first-order chi connectivity index (χ1) is 9.16. The molecule has 1 aromatic carbocycles. The van der Waals surface area contributed by atoms with E-state index in [0.29, 0.717) is 10.2 Å². The molecule has 3 rings (SSSR count). The van der Waals surface area contributed by atoms with Crippen molar-refractivity contribution in [3.8, 4) is 17.1 Å². The van der Waals surface area contributed by atoms with Gasteiger partial charge in [0, 0.05) is 5.56 Å². The second-order valence-electron chi connectivity index (χ2n) is 4.25. The Kier molecular flexibility index (Phi) is 3.02. The van der Waals surface area contributed by atoms with E-state index >= 15 is 0 Å². The zero-order valence-electron chi connectivity index (χ0n) is 9.85. The van der Waals surface area contributed by atoms with Gasteiger partial charge in [-0.2, -0.15) is 0 Å². The third kappa shape index (κ3) is 2.12. The number of fused-ring (bicyclic) bond motifs is 1. The molecule has 0 saturated carbocycles. The number of aromatic carboxylic acids is 1. The van der Waals surface area contributed by atoms with Crippen LogP contribution < -0.4 is 4.74 Å². The number of benzene rings is 1. The summed E-state index contributed by atoms with van der Waals surface area (Å²) >= 11 is 3.22. The van der Waals surface area contributed by atoms with Gasteiger partial charge in [-0.25, -0.2) is 4.79 Å². The van der Waals surface area contributed by atoms with E-state index in [9.17, 15) is 4.79 Å². The van der Waals surface area contributed by atoms with Crippen LogP contribution in [0.5, 0.6) is 5.75 Å². The molecule has 0 fully saturated rings. The van der Waals surface area contributed by atoms with E-state index < -0.39 is 5.97 Å². The fraction of sp³-hybridized carbons (Fsp3) is 0.231. The molecule has 0 bridgehead atoms. The van der Waals surface area contributed by atoms with Crippen molar-refractivity contribution in [1.29, 1.82) is 0 Å². The normalized spacial score (nSPS) is 13.7. The minimum Gasteiger partial charge on any atom is -0.493 e. The van der Waals surface area contributed by atoms with Crippen LogP contribution in [0.1, 0.15) is 22.5 Å². The lowest BCUT2D eigenvalue weighted by molar-refractivity contribution is 0.0685. The molecule has 1 aromatic heterocycles. The molecule has 98 valence electrons. The van der Waals surface area contributed by atoms with Crippen molar-refractivity contribution >= 4 is 21.9 Å². The predicted molar refractivity (Wildman–Crippen MR) is 70.4 cm³/mol. The van der Waals surface area contributed by atoms with Gasteiger partial charge < -0.3 is 14.4 Å². The summed E-state index contributed by atoms with van der Waals surface area (Å²) in [5.74, 6) is 0.179. The number of ether oxygens (including phenoxy) is 1. The summed E-state index contributed by atoms with van der Waals surface area (Å²) in [4.78, 5) is 10.9. The number of hydrogen-bond donors (Lipinski definition) is 1. The van der Waals surface area contributed by atoms with Gasteiger partial charge in [0.15, 0.2) is 5.76 Å². The lowest BCUT2D eigenvalue weighted by Gasteiger charge is -2.17. The largest absolute Gasteiger partial charge is 0.493 e. The number of carboxylic acids is 1. The fourth-order valence-corrected chi connectivity index (χ4v) is 2.64. The summed E-state index contributed by atoms with van der Waals surface area (Å²) in [5.41, 5.74) is 1.77. The standard InChI is InChI=1S/C13H10BrNO4/c14-10-11(13(16)17)15-19-12(10)8-3-4-9-7(6-8)2-1-5-18-9/h3-4,6H,1-2,5H2,(H,16,17). The van der Waals surface area contributed by atoms with Gasteiger partial charge in [0.1, 0.15) is 10.2 Å². The second kappa shape index (κ2) is 4.70. The fourth-order valence-electron chi connectivity index (χ4n) is 2.09. The highest BCUT2D eigenvalue weighted by Crippen LogP contribution is 2.35. The Balaban J connectivity index is 2.05. The van der Waals surface area contributed by atoms with E-state index in [1.165, 1.54) is 0 Å². The molecule has 0 unspecified atom stereocenters. The molecule has 5 nitrogen and oxygen atoms in total. The first-order valence-electron chi connectivity index (χ1n) is 5.81. The minimum atomic E-state index is -1.12. The summed E-state index contributed by atoms with van der Waals surface area (Å²) in [6, 6.07) is 5.66. The Morgan fingerprint density at radius 2 is 2.26 bits per heavy atom. The second-order valence-corrected chi connectivity index (χ2v) is 5.05. The quantitative estimate of drug-likeness (QED) is 0.919. The van der Waals surface area contributed by atoms with Gasteiger partial charge in [0.25, 0.3) is 0 Å². The number of halogens is 1. The third-order valence-electron chi connectivity index (χ3n) is 3.01. The van der Waals surface area contributed by atoms with Gasteiger partial charge in [0.05, 0.1) is 6.61 Å². The Morgan fingerprint density at radius 1 is 1.42 bits per heavy atom. The van der Waals surface area contributed by atoms with E-state index in [1.807, 2.05) is 18.2 Å². The van der Waals surface area contributed by atoms with Crippen molar-refractivity contribution in [3.05, 3.63) is 33.9 Å². The number of carboxylic acid groups (broad SMARTS) is 1. The summed E-state index contributed by atoms with van der Waals surface area (Å²) in [6.45, 7) is 0.738. The van der Waals surface area contributed by atoms with Crippen LogP contribution in [0.15, 0.2) is 27.2 Å². The monoisotopic (exact) mass is 323 g/mol. The van der Waals surface area contributed by atoms with E-state index in [2.05, 4.69) is 21.1 Å². The van der Waals surface area contributed by atoms with Gasteiger partial charge in [-0.1, -0.05) is 5.16 Å². The number of rotatable bonds is 2. The molecule has 6 heteroatoms. The molecule has 0 saturated heterocycles. The molecule has 1 aliphatic rings. The molecule has 1 N–H and O–H groups in total. The number of aromatic nitrogens is 1. The third-order valence-corrected chi connectivity index (χ3v) is 3.74. The zero-order chi connectivity index (χ0) is 13.4. The Hall–Kier alpha value is -1.82. The average molecular weight is 324 g/mol. The number of aryl methyl sites for hydroxylation is 1. The Bertz CT molecular complexity index is 650. The molecular weight excluding hydrogens is 314 g/mol. The highest BCUT2D eigenvalue weighted by Gasteiger charge is 2.21. The maximum absolute atomic E-state index is 10.9.